The Bertz CT molecular complexity index is 933. The van der Waals surface area contributed by atoms with Gasteiger partial charge in [-0.25, -0.2) is 0 Å². The molecule has 3 aliphatic heterocycles. The van der Waals surface area contributed by atoms with Crippen LogP contribution in [0.4, 0.5) is 5.69 Å². The third kappa shape index (κ3) is 6.76. The highest BCUT2D eigenvalue weighted by atomic mass is 16.5. The number of carbonyl (C=O) groups excluding carboxylic acids is 3. The Labute approximate surface area is 213 Å². The van der Waals surface area contributed by atoms with Crippen LogP contribution in [0, 0.1) is 0 Å². The summed E-state index contributed by atoms with van der Waals surface area (Å²) in [5.74, 6) is 0.241. The van der Waals surface area contributed by atoms with Gasteiger partial charge in [-0.3, -0.25) is 14.4 Å². The van der Waals surface area contributed by atoms with Gasteiger partial charge in [-0.2, -0.15) is 0 Å². The van der Waals surface area contributed by atoms with E-state index in [0.29, 0.717) is 49.4 Å². The van der Waals surface area contributed by atoms with Gasteiger partial charge in [0.1, 0.15) is 18.5 Å². The van der Waals surface area contributed by atoms with E-state index in [0.717, 1.165) is 32.5 Å². The van der Waals surface area contributed by atoms with Crippen molar-refractivity contribution in [2.75, 3.05) is 45.2 Å². The first-order valence-electron chi connectivity index (χ1n) is 13.4. The molecule has 0 spiro atoms. The standard InChI is InChI=1S/C27H40N4O5/c1-3-7-25(32)29-19-8-11-23-21(16-19)27(34)30(2)22-10-9-20(36-24(22)18-35-23)17-26(33)28-12-15-31-13-5-4-6-14-31/h8,11,16,20,22,24H,3-7,9-10,12-15,17-18H2,1-2H3,(H,28,33)(H,29,32)/t20-,22+,24-/m0/s1. The molecule has 9 nitrogen and oxygen atoms in total. The minimum absolute atomic E-state index is 0.00893. The van der Waals surface area contributed by atoms with Crippen molar-refractivity contribution < 1.29 is 23.9 Å². The third-order valence-corrected chi connectivity index (χ3v) is 7.38. The van der Waals surface area contributed by atoms with Crippen molar-refractivity contribution in [1.29, 1.82) is 0 Å². The summed E-state index contributed by atoms with van der Waals surface area (Å²) in [7, 11) is 1.79. The molecule has 0 radical (unpaired) electrons. The SMILES string of the molecule is CCCC(=O)Nc1ccc2c(c1)C(=O)N(C)[C@@H]1CC[C@@H](CC(=O)NCCN3CCCCC3)O[C@H]1CO2. The number of likely N-dealkylation sites (tertiary alicyclic amines) is 1. The molecule has 3 amide bonds. The van der Waals surface area contributed by atoms with Crippen LogP contribution >= 0.6 is 0 Å². The Balaban J connectivity index is 1.32. The Kier molecular flexibility index (Phi) is 9.20. The lowest BCUT2D eigenvalue weighted by Gasteiger charge is -2.42. The van der Waals surface area contributed by atoms with Crippen molar-refractivity contribution in [3.8, 4) is 5.75 Å². The van der Waals surface area contributed by atoms with Crippen LogP contribution in [0.15, 0.2) is 18.2 Å². The van der Waals surface area contributed by atoms with Gasteiger partial charge in [-0.05, 0) is 63.4 Å². The van der Waals surface area contributed by atoms with Gasteiger partial charge in [0.25, 0.3) is 5.91 Å². The summed E-state index contributed by atoms with van der Waals surface area (Å²) in [6, 6.07) is 5.02. The maximum Gasteiger partial charge on any atom is 0.257 e. The van der Waals surface area contributed by atoms with Crippen LogP contribution < -0.4 is 15.4 Å². The molecule has 2 N–H and O–H groups in total. The molecule has 0 aliphatic carbocycles. The molecule has 3 aliphatic rings. The zero-order chi connectivity index (χ0) is 25.5. The van der Waals surface area contributed by atoms with E-state index in [9.17, 15) is 14.4 Å². The van der Waals surface area contributed by atoms with Crippen molar-refractivity contribution >= 4 is 23.4 Å². The van der Waals surface area contributed by atoms with Crippen LogP contribution in [0.3, 0.4) is 0 Å². The number of rotatable bonds is 8. The largest absolute Gasteiger partial charge is 0.490 e. The number of likely N-dealkylation sites (N-methyl/N-ethyl adjacent to an activating group) is 1. The quantitative estimate of drug-likeness (QED) is 0.569. The number of nitrogens with zero attached hydrogens (tertiary/aromatic N) is 2. The molecular weight excluding hydrogens is 460 g/mol. The fraction of sp³-hybridized carbons (Fsp3) is 0.667. The fourth-order valence-electron chi connectivity index (χ4n) is 5.37. The first-order valence-corrected chi connectivity index (χ1v) is 13.4. The maximum absolute atomic E-state index is 13.3. The summed E-state index contributed by atoms with van der Waals surface area (Å²) in [5, 5.41) is 5.89. The second-order valence-corrected chi connectivity index (χ2v) is 10.1. The molecule has 0 aromatic heterocycles. The smallest absolute Gasteiger partial charge is 0.257 e. The van der Waals surface area contributed by atoms with Gasteiger partial charge in [-0.1, -0.05) is 13.3 Å². The molecule has 0 bridgehead atoms. The highest BCUT2D eigenvalue weighted by molar-refractivity contribution is 5.99. The summed E-state index contributed by atoms with van der Waals surface area (Å²) in [5.41, 5.74) is 1.02. The Morgan fingerprint density at radius 1 is 1.11 bits per heavy atom. The second-order valence-electron chi connectivity index (χ2n) is 10.1. The van der Waals surface area contributed by atoms with Crippen molar-refractivity contribution in [3.05, 3.63) is 23.8 Å². The Hall–Kier alpha value is -2.65. The minimum atomic E-state index is -0.309. The number of benzene rings is 1. The minimum Gasteiger partial charge on any atom is -0.490 e. The predicted octanol–water partition coefficient (Wildman–Crippen LogP) is 2.80. The molecular formula is C27H40N4O5. The molecule has 2 fully saturated rings. The molecule has 3 atom stereocenters. The van der Waals surface area contributed by atoms with E-state index >= 15 is 0 Å². The van der Waals surface area contributed by atoms with Gasteiger partial charge >= 0.3 is 0 Å². The molecule has 1 aromatic rings. The molecule has 3 heterocycles. The number of amides is 3. The van der Waals surface area contributed by atoms with Crippen LogP contribution in [0.2, 0.25) is 0 Å². The summed E-state index contributed by atoms with van der Waals surface area (Å²) in [4.78, 5) is 42.0. The van der Waals surface area contributed by atoms with Crippen molar-refractivity contribution in [1.82, 2.24) is 15.1 Å². The van der Waals surface area contributed by atoms with Gasteiger partial charge in [0.2, 0.25) is 11.8 Å². The van der Waals surface area contributed by atoms with E-state index in [1.807, 2.05) is 6.92 Å². The molecule has 9 heteroatoms. The Morgan fingerprint density at radius 3 is 2.69 bits per heavy atom. The third-order valence-electron chi connectivity index (χ3n) is 7.38. The summed E-state index contributed by atoms with van der Waals surface area (Å²) in [6.07, 6.45) is 6.24. The van der Waals surface area contributed by atoms with Gasteiger partial charge in [0.15, 0.2) is 0 Å². The van der Waals surface area contributed by atoms with E-state index in [1.54, 1.807) is 30.1 Å². The van der Waals surface area contributed by atoms with E-state index in [1.165, 1.54) is 19.3 Å². The van der Waals surface area contributed by atoms with E-state index in [4.69, 9.17) is 9.47 Å². The monoisotopic (exact) mass is 500 g/mol. The van der Waals surface area contributed by atoms with E-state index in [-0.39, 0.29) is 36.0 Å². The number of piperidine rings is 1. The fourth-order valence-corrected chi connectivity index (χ4v) is 5.37. The van der Waals surface area contributed by atoms with E-state index < -0.39 is 0 Å². The van der Waals surface area contributed by atoms with Gasteiger partial charge in [0.05, 0.1) is 24.1 Å². The number of ether oxygens (including phenoxy) is 2. The number of carbonyl (C=O) groups is 3. The van der Waals surface area contributed by atoms with Gasteiger partial charge < -0.3 is 29.9 Å². The Morgan fingerprint density at radius 2 is 1.92 bits per heavy atom. The van der Waals surface area contributed by atoms with Crippen LogP contribution in [0.25, 0.3) is 0 Å². The predicted molar refractivity (Wildman–Crippen MR) is 137 cm³/mol. The zero-order valence-electron chi connectivity index (χ0n) is 21.6. The van der Waals surface area contributed by atoms with E-state index in [2.05, 4.69) is 15.5 Å². The first-order chi connectivity index (χ1) is 17.4. The van der Waals surface area contributed by atoms with Crippen LogP contribution in [-0.2, 0) is 14.3 Å². The second kappa shape index (κ2) is 12.5. The molecule has 198 valence electrons. The number of anilines is 1. The normalized spacial score (nSPS) is 24.6. The van der Waals surface area contributed by atoms with Crippen molar-refractivity contribution in [3.63, 3.8) is 0 Å². The average Bonchev–Trinajstić information content (AvgIpc) is 2.87. The number of fused-ring (bicyclic) bond motifs is 2. The summed E-state index contributed by atoms with van der Waals surface area (Å²) >= 11 is 0. The van der Waals surface area contributed by atoms with Gasteiger partial charge in [-0.15, -0.1) is 0 Å². The van der Waals surface area contributed by atoms with Crippen LogP contribution in [0.5, 0.6) is 5.75 Å². The highest BCUT2D eigenvalue weighted by Gasteiger charge is 2.39. The molecule has 2 saturated heterocycles. The maximum atomic E-state index is 13.3. The number of hydrogen-bond donors (Lipinski definition) is 2. The summed E-state index contributed by atoms with van der Waals surface area (Å²) < 4.78 is 12.3. The topological polar surface area (TPSA) is 100 Å². The molecule has 1 aromatic carbocycles. The van der Waals surface area contributed by atoms with Gasteiger partial charge in [0, 0.05) is 32.2 Å². The van der Waals surface area contributed by atoms with Crippen molar-refractivity contribution in [2.45, 2.75) is 76.5 Å². The molecule has 4 rings (SSSR count). The molecule has 0 unspecified atom stereocenters. The van der Waals surface area contributed by atoms with Crippen LogP contribution in [-0.4, -0.2) is 85.6 Å². The lowest BCUT2D eigenvalue weighted by Crippen LogP contribution is -2.54. The molecule has 0 saturated carbocycles. The van der Waals surface area contributed by atoms with Crippen LogP contribution in [0.1, 0.15) is 68.6 Å². The first kappa shape index (κ1) is 26.4. The molecule has 36 heavy (non-hydrogen) atoms. The lowest BCUT2D eigenvalue weighted by molar-refractivity contribution is -0.134. The number of hydrogen-bond acceptors (Lipinski definition) is 6. The van der Waals surface area contributed by atoms with Crippen molar-refractivity contribution in [2.24, 2.45) is 0 Å². The highest BCUT2D eigenvalue weighted by Crippen LogP contribution is 2.32. The lowest BCUT2D eigenvalue weighted by atomic mass is 9.94. The zero-order valence-corrected chi connectivity index (χ0v) is 21.6. The number of nitrogens with one attached hydrogen (secondary N) is 2. The average molecular weight is 501 g/mol. The summed E-state index contributed by atoms with van der Waals surface area (Å²) in [6.45, 7) is 6.04.